The topological polar surface area (TPSA) is 58.3 Å². The van der Waals surface area contributed by atoms with E-state index in [1.165, 1.54) is 10.9 Å². The highest BCUT2D eigenvalue weighted by Crippen LogP contribution is 2.27. The zero-order valence-electron chi connectivity index (χ0n) is 12.9. The number of nitrogens with two attached hydrogens (primary N) is 1. The van der Waals surface area contributed by atoms with Gasteiger partial charge >= 0.3 is 0 Å². The van der Waals surface area contributed by atoms with Gasteiger partial charge < -0.3 is 10.6 Å². The first-order valence-electron chi connectivity index (χ1n) is 7.79. The molecule has 1 saturated heterocycles. The van der Waals surface area contributed by atoms with Gasteiger partial charge in [0.15, 0.2) is 0 Å². The summed E-state index contributed by atoms with van der Waals surface area (Å²) in [4.78, 5) is 14.7. The van der Waals surface area contributed by atoms with Crippen molar-refractivity contribution in [2.75, 3.05) is 36.8 Å². The number of anilines is 2. The lowest BCUT2D eigenvalue weighted by Crippen LogP contribution is -2.46. The summed E-state index contributed by atoms with van der Waals surface area (Å²) in [6, 6.07) is 10.3. The van der Waals surface area contributed by atoms with E-state index in [9.17, 15) is 0 Å². The Balaban J connectivity index is 1.44. The van der Waals surface area contributed by atoms with Crippen LogP contribution in [0.4, 0.5) is 11.5 Å². The standard InChI is InChI=1S/C17H19N5S/c18-14-3-1-2-13(10-14)11-21-5-7-22(8-6-21)16-15-4-9-23-17(15)20-12-19-16/h1-4,9-10,12H,5-8,11,18H2. The van der Waals surface area contributed by atoms with Gasteiger partial charge in [0.05, 0.1) is 5.39 Å². The van der Waals surface area contributed by atoms with Crippen molar-refractivity contribution in [1.29, 1.82) is 0 Å². The molecule has 23 heavy (non-hydrogen) atoms. The van der Waals surface area contributed by atoms with Gasteiger partial charge in [-0.05, 0) is 29.1 Å². The van der Waals surface area contributed by atoms with Crippen molar-refractivity contribution in [2.45, 2.75) is 6.54 Å². The molecule has 3 heterocycles. The highest BCUT2D eigenvalue weighted by atomic mass is 32.1. The van der Waals surface area contributed by atoms with Gasteiger partial charge in [0.1, 0.15) is 17.0 Å². The minimum absolute atomic E-state index is 0.835. The second-order valence-electron chi connectivity index (χ2n) is 5.84. The quantitative estimate of drug-likeness (QED) is 0.750. The number of fused-ring (bicyclic) bond motifs is 1. The van der Waals surface area contributed by atoms with Crippen LogP contribution in [0.15, 0.2) is 42.0 Å². The van der Waals surface area contributed by atoms with Crippen LogP contribution in [0.25, 0.3) is 10.2 Å². The minimum Gasteiger partial charge on any atom is -0.399 e. The van der Waals surface area contributed by atoms with E-state index < -0.39 is 0 Å². The van der Waals surface area contributed by atoms with Gasteiger partial charge in [-0.1, -0.05) is 12.1 Å². The Morgan fingerprint density at radius 1 is 1.09 bits per heavy atom. The highest BCUT2D eigenvalue weighted by Gasteiger charge is 2.20. The summed E-state index contributed by atoms with van der Waals surface area (Å²) in [7, 11) is 0. The number of benzene rings is 1. The van der Waals surface area contributed by atoms with Gasteiger partial charge in [0, 0.05) is 38.4 Å². The van der Waals surface area contributed by atoms with Gasteiger partial charge in [-0.15, -0.1) is 11.3 Å². The summed E-state index contributed by atoms with van der Waals surface area (Å²) in [5, 5.41) is 3.25. The Morgan fingerprint density at radius 2 is 1.96 bits per heavy atom. The van der Waals surface area contributed by atoms with Crippen LogP contribution in [0.5, 0.6) is 0 Å². The van der Waals surface area contributed by atoms with Crippen LogP contribution in [0.2, 0.25) is 0 Å². The SMILES string of the molecule is Nc1cccc(CN2CCN(c3ncnc4sccc34)CC2)c1. The normalized spacial score (nSPS) is 16.1. The number of nitrogen functional groups attached to an aromatic ring is 1. The molecule has 0 atom stereocenters. The third-order valence-corrected chi connectivity index (χ3v) is 5.09. The molecule has 0 aliphatic carbocycles. The first-order chi connectivity index (χ1) is 11.3. The van der Waals surface area contributed by atoms with Crippen molar-refractivity contribution in [3.05, 3.63) is 47.6 Å². The molecule has 1 aliphatic heterocycles. The van der Waals surface area contributed by atoms with E-state index in [2.05, 4.69) is 43.3 Å². The summed E-state index contributed by atoms with van der Waals surface area (Å²) in [5.41, 5.74) is 7.98. The Labute approximate surface area is 139 Å². The van der Waals surface area contributed by atoms with E-state index in [1.54, 1.807) is 17.7 Å². The fourth-order valence-corrected chi connectivity index (χ4v) is 3.82. The van der Waals surface area contributed by atoms with Gasteiger partial charge in [-0.2, -0.15) is 0 Å². The second-order valence-corrected chi connectivity index (χ2v) is 6.74. The van der Waals surface area contributed by atoms with Gasteiger partial charge in [-0.25, -0.2) is 9.97 Å². The summed E-state index contributed by atoms with van der Waals surface area (Å²) in [5.74, 6) is 1.07. The molecule has 0 amide bonds. The van der Waals surface area contributed by atoms with Crippen molar-refractivity contribution in [3.8, 4) is 0 Å². The number of rotatable bonds is 3. The molecule has 0 saturated carbocycles. The first-order valence-corrected chi connectivity index (χ1v) is 8.67. The van der Waals surface area contributed by atoms with E-state index in [0.29, 0.717) is 0 Å². The zero-order chi connectivity index (χ0) is 15.6. The summed E-state index contributed by atoms with van der Waals surface area (Å²) < 4.78 is 0. The van der Waals surface area contributed by atoms with Crippen molar-refractivity contribution >= 4 is 33.1 Å². The largest absolute Gasteiger partial charge is 0.399 e. The maximum Gasteiger partial charge on any atom is 0.140 e. The second kappa shape index (κ2) is 6.14. The molecule has 0 radical (unpaired) electrons. The number of hydrogen-bond donors (Lipinski definition) is 1. The third-order valence-electron chi connectivity index (χ3n) is 4.27. The number of thiophene rings is 1. The third kappa shape index (κ3) is 3.00. The molecule has 3 aromatic rings. The number of nitrogens with zero attached hydrogens (tertiary/aromatic N) is 4. The average molecular weight is 325 g/mol. The van der Waals surface area contributed by atoms with Crippen LogP contribution in [0.1, 0.15) is 5.56 Å². The van der Waals surface area contributed by atoms with Crippen molar-refractivity contribution in [2.24, 2.45) is 0 Å². The Kier molecular flexibility index (Phi) is 3.85. The fourth-order valence-electron chi connectivity index (χ4n) is 3.10. The molecule has 118 valence electrons. The van der Waals surface area contributed by atoms with Crippen LogP contribution in [0.3, 0.4) is 0 Å². The Bertz CT molecular complexity index is 807. The van der Waals surface area contributed by atoms with Gasteiger partial charge in [0.25, 0.3) is 0 Å². The van der Waals surface area contributed by atoms with E-state index >= 15 is 0 Å². The van der Waals surface area contributed by atoms with E-state index in [4.69, 9.17) is 5.73 Å². The summed E-state index contributed by atoms with van der Waals surface area (Å²) in [6.07, 6.45) is 1.67. The lowest BCUT2D eigenvalue weighted by Gasteiger charge is -2.35. The van der Waals surface area contributed by atoms with Crippen LogP contribution in [-0.4, -0.2) is 41.0 Å². The molecule has 1 aliphatic rings. The number of piperazine rings is 1. The lowest BCUT2D eigenvalue weighted by molar-refractivity contribution is 0.249. The van der Waals surface area contributed by atoms with Gasteiger partial charge in [0.2, 0.25) is 0 Å². The fraction of sp³-hybridized carbons (Fsp3) is 0.294. The van der Waals surface area contributed by atoms with E-state index in [0.717, 1.165) is 49.1 Å². The minimum atomic E-state index is 0.835. The van der Waals surface area contributed by atoms with Crippen molar-refractivity contribution in [3.63, 3.8) is 0 Å². The Hall–Kier alpha value is -2.18. The van der Waals surface area contributed by atoms with Crippen LogP contribution in [-0.2, 0) is 6.54 Å². The smallest absolute Gasteiger partial charge is 0.140 e. The summed E-state index contributed by atoms with van der Waals surface area (Å²) >= 11 is 1.67. The molecule has 4 rings (SSSR count). The molecule has 2 aromatic heterocycles. The molecule has 1 fully saturated rings. The maximum atomic E-state index is 5.86. The highest BCUT2D eigenvalue weighted by molar-refractivity contribution is 7.16. The molecule has 0 bridgehead atoms. The average Bonchev–Trinajstić information content (AvgIpc) is 3.04. The van der Waals surface area contributed by atoms with E-state index in [1.807, 2.05) is 12.1 Å². The Morgan fingerprint density at radius 3 is 2.78 bits per heavy atom. The monoisotopic (exact) mass is 325 g/mol. The zero-order valence-corrected chi connectivity index (χ0v) is 13.7. The number of hydrogen-bond acceptors (Lipinski definition) is 6. The lowest BCUT2D eigenvalue weighted by atomic mass is 10.1. The summed E-state index contributed by atoms with van der Waals surface area (Å²) in [6.45, 7) is 5.00. The molecular weight excluding hydrogens is 306 g/mol. The van der Waals surface area contributed by atoms with Crippen LogP contribution in [0, 0.1) is 0 Å². The first kappa shape index (κ1) is 14.4. The molecular formula is C17H19N5S. The van der Waals surface area contributed by atoms with Crippen molar-refractivity contribution in [1.82, 2.24) is 14.9 Å². The van der Waals surface area contributed by atoms with E-state index in [-0.39, 0.29) is 0 Å². The molecule has 0 spiro atoms. The van der Waals surface area contributed by atoms with Crippen LogP contribution < -0.4 is 10.6 Å². The molecule has 2 N–H and O–H groups in total. The predicted octanol–water partition coefficient (Wildman–Crippen LogP) is 2.60. The number of aromatic nitrogens is 2. The maximum absolute atomic E-state index is 5.86. The molecule has 6 heteroatoms. The van der Waals surface area contributed by atoms with Gasteiger partial charge in [-0.3, -0.25) is 4.90 Å². The van der Waals surface area contributed by atoms with Crippen molar-refractivity contribution < 1.29 is 0 Å². The van der Waals surface area contributed by atoms with Crippen LogP contribution >= 0.6 is 11.3 Å². The predicted molar refractivity (Wildman–Crippen MR) is 95.8 cm³/mol. The molecule has 1 aromatic carbocycles. The molecule has 5 nitrogen and oxygen atoms in total. The molecule has 0 unspecified atom stereocenters.